The second-order valence-corrected chi connectivity index (χ2v) is 6.40. The second-order valence-electron chi connectivity index (χ2n) is 6.40. The fourth-order valence-electron chi connectivity index (χ4n) is 2.98. The zero-order chi connectivity index (χ0) is 17.6. The molecule has 0 amide bonds. The van der Waals surface area contributed by atoms with Gasteiger partial charge in [0.05, 0.1) is 0 Å². The molecular formula is C21H21NO3. The highest BCUT2D eigenvalue weighted by Gasteiger charge is 2.20. The maximum Gasteiger partial charge on any atom is 0.349 e. The van der Waals surface area contributed by atoms with Gasteiger partial charge in [-0.2, -0.15) is 5.26 Å². The van der Waals surface area contributed by atoms with E-state index in [0.29, 0.717) is 11.5 Å². The number of nitriles is 1. The van der Waals surface area contributed by atoms with Crippen molar-refractivity contribution in [1.29, 1.82) is 5.26 Å². The Morgan fingerprint density at radius 2 is 1.88 bits per heavy atom. The summed E-state index contributed by atoms with van der Waals surface area (Å²) in [5, 5.41) is 9.28. The number of nitrogens with zero attached hydrogens (tertiary/aromatic N) is 1. The molecule has 0 aliphatic heterocycles. The molecular weight excluding hydrogens is 314 g/mol. The number of rotatable bonds is 4. The van der Waals surface area contributed by atoms with Crippen LogP contribution in [-0.4, -0.2) is 12.1 Å². The molecule has 1 aliphatic carbocycles. The summed E-state index contributed by atoms with van der Waals surface area (Å²) in [5.41, 5.74) is 2.09. The van der Waals surface area contributed by atoms with Crippen LogP contribution in [0.25, 0.3) is 17.4 Å². The number of benzene rings is 1. The van der Waals surface area contributed by atoms with Gasteiger partial charge in [0.15, 0.2) is 0 Å². The number of esters is 1. The molecule has 0 saturated heterocycles. The summed E-state index contributed by atoms with van der Waals surface area (Å²) in [6.07, 6.45) is 6.46. The van der Waals surface area contributed by atoms with Crippen molar-refractivity contribution >= 4 is 12.0 Å². The van der Waals surface area contributed by atoms with E-state index in [9.17, 15) is 10.1 Å². The lowest BCUT2D eigenvalue weighted by Crippen LogP contribution is -2.21. The minimum Gasteiger partial charge on any atom is -0.458 e. The third-order valence-corrected chi connectivity index (χ3v) is 4.42. The SMILES string of the molecule is Cc1ccc(-c2ccc(/C=C(\C#N)C(=O)OC3CCCCC3)o2)cc1. The largest absolute Gasteiger partial charge is 0.458 e. The summed E-state index contributed by atoms with van der Waals surface area (Å²) < 4.78 is 11.2. The van der Waals surface area contributed by atoms with E-state index in [1.807, 2.05) is 43.3 Å². The van der Waals surface area contributed by atoms with Gasteiger partial charge in [0, 0.05) is 11.6 Å². The first-order chi connectivity index (χ1) is 12.2. The molecule has 4 heteroatoms. The van der Waals surface area contributed by atoms with Gasteiger partial charge in [0.2, 0.25) is 0 Å². The first-order valence-corrected chi connectivity index (χ1v) is 8.65. The van der Waals surface area contributed by atoms with Gasteiger partial charge in [0.1, 0.15) is 29.3 Å². The van der Waals surface area contributed by atoms with Crippen LogP contribution < -0.4 is 0 Å². The van der Waals surface area contributed by atoms with Crippen molar-refractivity contribution in [2.45, 2.75) is 45.1 Å². The molecule has 1 aromatic heterocycles. The Labute approximate surface area is 147 Å². The molecule has 1 heterocycles. The van der Waals surface area contributed by atoms with Crippen LogP contribution in [-0.2, 0) is 9.53 Å². The molecule has 1 aromatic carbocycles. The standard InChI is InChI=1S/C21H21NO3/c1-15-7-9-16(10-8-15)20-12-11-19(24-20)13-17(14-22)21(23)25-18-5-3-2-4-6-18/h7-13,18H,2-6H2,1H3/b17-13+. The molecule has 0 spiro atoms. The van der Waals surface area contributed by atoms with E-state index < -0.39 is 5.97 Å². The minimum absolute atomic E-state index is 0.0321. The van der Waals surface area contributed by atoms with Crippen LogP contribution >= 0.6 is 0 Å². The van der Waals surface area contributed by atoms with E-state index in [2.05, 4.69) is 0 Å². The Morgan fingerprint density at radius 3 is 2.56 bits per heavy atom. The molecule has 25 heavy (non-hydrogen) atoms. The van der Waals surface area contributed by atoms with Crippen LogP contribution in [0.2, 0.25) is 0 Å². The summed E-state index contributed by atoms with van der Waals surface area (Å²) >= 11 is 0. The lowest BCUT2D eigenvalue weighted by Gasteiger charge is -2.21. The fourth-order valence-corrected chi connectivity index (χ4v) is 2.98. The van der Waals surface area contributed by atoms with Crippen molar-refractivity contribution in [3.63, 3.8) is 0 Å². The Kier molecular flexibility index (Phi) is 5.35. The fraction of sp³-hybridized carbons (Fsp3) is 0.333. The van der Waals surface area contributed by atoms with Crippen LogP contribution in [0.5, 0.6) is 0 Å². The topological polar surface area (TPSA) is 63.2 Å². The summed E-state index contributed by atoms with van der Waals surface area (Å²) in [6, 6.07) is 13.5. The highest BCUT2D eigenvalue weighted by molar-refractivity contribution is 5.97. The lowest BCUT2D eigenvalue weighted by molar-refractivity contribution is -0.145. The quantitative estimate of drug-likeness (QED) is 0.446. The molecule has 128 valence electrons. The van der Waals surface area contributed by atoms with Crippen molar-refractivity contribution in [3.05, 3.63) is 53.3 Å². The maximum atomic E-state index is 12.2. The average Bonchev–Trinajstić information content (AvgIpc) is 3.09. The summed E-state index contributed by atoms with van der Waals surface area (Å²) in [5.74, 6) is 0.597. The first kappa shape index (κ1) is 17.0. The third kappa shape index (κ3) is 4.39. The van der Waals surface area contributed by atoms with E-state index in [-0.39, 0.29) is 11.7 Å². The van der Waals surface area contributed by atoms with Crippen molar-refractivity contribution in [2.24, 2.45) is 0 Å². The molecule has 3 rings (SSSR count). The molecule has 0 unspecified atom stereocenters. The highest BCUT2D eigenvalue weighted by atomic mass is 16.5. The number of aryl methyl sites for hydroxylation is 1. The van der Waals surface area contributed by atoms with Gasteiger partial charge < -0.3 is 9.15 Å². The zero-order valence-corrected chi connectivity index (χ0v) is 14.3. The minimum atomic E-state index is -0.567. The Hall–Kier alpha value is -2.80. The predicted molar refractivity (Wildman–Crippen MR) is 95.4 cm³/mol. The second kappa shape index (κ2) is 7.85. The van der Waals surface area contributed by atoms with Gasteiger partial charge in [-0.05, 0) is 44.7 Å². The van der Waals surface area contributed by atoms with Gasteiger partial charge in [-0.25, -0.2) is 4.79 Å². The predicted octanol–water partition coefficient (Wildman–Crippen LogP) is 5.04. The normalized spacial score (nSPS) is 15.6. The van der Waals surface area contributed by atoms with Crippen LogP contribution in [0.15, 0.2) is 46.4 Å². The van der Waals surface area contributed by atoms with Crippen molar-refractivity contribution in [2.75, 3.05) is 0 Å². The number of ether oxygens (including phenoxy) is 1. The van der Waals surface area contributed by atoms with E-state index >= 15 is 0 Å². The molecule has 1 aliphatic rings. The van der Waals surface area contributed by atoms with E-state index in [1.165, 1.54) is 18.1 Å². The highest BCUT2D eigenvalue weighted by Crippen LogP contribution is 2.25. The smallest absolute Gasteiger partial charge is 0.349 e. The number of carbonyl (C=O) groups excluding carboxylic acids is 1. The molecule has 2 aromatic rings. The molecule has 0 atom stereocenters. The Bertz CT molecular complexity index is 802. The van der Waals surface area contributed by atoms with Crippen LogP contribution in [0.1, 0.15) is 43.4 Å². The summed E-state index contributed by atoms with van der Waals surface area (Å²) in [4.78, 5) is 12.2. The van der Waals surface area contributed by atoms with Gasteiger partial charge in [-0.1, -0.05) is 36.2 Å². The average molecular weight is 335 g/mol. The number of hydrogen-bond acceptors (Lipinski definition) is 4. The Morgan fingerprint density at radius 1 is 1.16 bits per heavy atom. The third-order valence-electron chi connectivity index (χ3n) is 4.42. The molecule has 0 bridgehead atoms. The first-order valence-electron chi connectivity index (χ1n) is 8.65. The van der Waals surface area contributed by atoms with Crippen LogP contribution in [0.3, 0.4) is 0 Å². The molecule has 1 fully saturated rings. The molecule has 0 radical (unpaired) electrons. The number of carbonyl (C=O) groups is 1. The maximum absolute atomic E-state index is 12.2. The van der Waals surface area contributed by atoms with Gasteiger partial charge in [-0.3, -0.25) is 0 Å². The van der Waals surface area contributed by atoms with Gasteiger partial charge in [0.25, 0.3) is 0 Å². The van der Waals surface area contributed by atoms with Crippen LogP contribution in [0.4, 0.5) is 0 Å². The monoisotopic (exact) mass is 335 g/mol. The van der Waals surface area contributed by atoms with E-state index in [4.69, 9.17) is 9.15 Å². The number of furan rings is 1. The van der Waals surface area contributed by atoms with E-state index in [0.717, 1.165) is 31.2 Å². The van der Waals surface area contributed by atoms with Crippen molar-refractivity contribution < 1.29 is 13.9 Å². The van der Waals surface area contributed by atoms with Gasteiger partial charge >= 0.3 is 5.97 Å². The number of hydrogen-bond donors (Lipinski definition) is 0. The van der Waals surface area contributed by atoms with E-state index in [1.54, 1.807) is 6.07 Å². The molecule has 1 saturated carbocycles. The van der Waals surface area contributed by atoms with Crippen LogP contribution in [0, 0.1) is 18.3 Å². The zero-order valence-electron chi connectivity index (χ0n) is 14.3. The van der Waals surface area contributed by atoms with Crippen molar-refractivity contribution in [3.8, 4) is 17.4 Å². The lowest BCUT2D eigenvalue weighted by atomic mass is 9.98. The molecule has 4 nitrogen and oxygen atoms in total. The summed E-state index contributed by atoms with van der Waals surface area (Å²) in [6.45, 7) is 2.03. The Balaban J connectivity index is 1.72. The van der Waals surface area contributed by atoms with Gasteiger partial charge in [-0.15, -0.1) is 0 Å². The summed E-state index contributed by atoms with van der Waals surface area (Å²) in [7, 11) is 0. The molecule has 0 N–H and O–H groups in total. The van der Waals surface area contributed by atoms with Crippen molar-refractivity contribution in [1.82, 2.24) is 0 Å².